The Morgan fingerprint density at radius 2 is 1.69 bits per heavy atom. The van der Waals surface area contributed by atoms with Crippen LogP contribution in [0.25, 0.3) is 11.2 Å². The molecule has 0 bridgehead atoms. The summed E-state index contributed by atoms with van der Waals surface area (Å²) in [4.78, 5) is 14.0. The molecule has 0 amide bonds. The fraction of sp³-hybridized carbons (Fsp3) is 0.821. The molecule has 1 aliphatic carbocycles. The summed E-state index contributed by atoms with van der Waals surface area (Å²) in [6.45, 7) is 24.6. The average Bonchev–Trinajstić information content (AvgIpc) is 3.36. The lowest BCUT2D eigenvalue weighted by molar-refractivity contribution is -0.0313. The molecule has 4 atom stereocenters. The largest absolute Gasteiger partial charge is 0.473 e. The van der Waals surface area contributed by atoms with Crippen molar-refractivity contribution in [2.24, 2.45) is 5.92 Å². The third-order valence-electron chi connectivity index (χ3n) is 9.43. The van der Waals surface area contributed by atoms with E-state index in [9.17, 15) is 0 Å². The first-order valence-electron chi connectivity index (χ1n) is 14.5. The van der Waals surface area contributed by atoms with Crippen LogP contribution in [0.1, 0.15) is 79.9 Å². The van der Waals surface area contributed by atoms with Crippen molar-refractivity contribution in [3.63, 3.8) is 0 Å². The van der Waals surface area contributed by atoms with Crippen LogP contribution in [-0.4, -0.2) is 61.6 Å². The van der Waals surface area contributed by atoms with Crippen molar-refractivity contribution in [3.8, 4) is 5.88 Å². The Labute approximate surface area is 250 Å². The highest BCUT2D eigenvalue weighted by atomic mass is 127. The molecule has 8 nitrogen and oxygen atoms in total. The zero-order chi connectivity index (χ0) is 28.8. The van der Waals surface area contributed by atoms with Crippen molar-refractivity contribution in [1.82, 2.24) is 19.5 Å². The van der Waals surface area contributed by atoms with Crippen molar-refractivity contribution in [2.75, 3.05) is 13.2 Å². The van der Waals surface area contributed by atoms with Gasteiger partial charge in [0.2, 0.25) is 5.88 Å². The standard InChI is InChI=1S/C28H49IN4O4Si2/c1-27(2,3)38(7,8)35-17-19-15-20(16-21(19)37-39(9,10)28(4,5)6)36-25-23-24(30-18-31-25)33(26(29)32-23)22-13-11-12-14-34-22/h18-22H,11-17H2,1-10H3/t19-,20+,21-,22?/m0/s1. The van der Waals surface area contributed by atoms with Crippen LogP contribution in [0.2, 0.25) is 36.3 Å². The number of halogens is 1. The van der Waals surface area contributed by atoms with Gasteiger partial charge < -0.3 is 18.3 Å². The molecule has 2 fully saturated rings. The molecular weight excluding hydrogens is 639 g/mol. The van der Waals surface area contributed by atoms with E-state index in [1.807, 2.05) is 0 Å². The maximum Gasteiger partial charge on any atom is 0.245 e. The smallest absolute Gasteiger partial charge is 0.245 e. The van der Waals surface area contributed by atoms with Crippen LogP contribution in [0.3, 0.4) is 0 Å². The SMILES string of the molecule is CC(C)(C)[Si](C)(C)OC[C@@H]1C[C@@H](Oc2ncnc3c2nc(I)n3C2CCCCO2)C[C@@H]1O[Si](C)(C)C(C)(C)C. The molecule has 2 aliphatic rings. The van der Waals surface area contributed by atoms with E-state index in [2.05, 4.69) is 105 Å². The second kappa shape index (κ2) is 11.6. The van der Waals surface area contributed by atoms with Gasteiger partial charge in [-0.05, 0) is 61.9 Å². The maximum absolute atomic E-state index is 7.01. The van der Waals surface area contributed by atoms with E-state index in [0.717, 1.165) is 48.2 Å². The first kappa shape index (κ1) is 31.3. The Bertz CT molecular complexity index is 1140. The summed E-state index contributed by atoms with van der Waals surface area (Å²) in [5.74, 6) is 0.832. The zero-order valence-corrected chi connectivity index (χ0v) is 29.8. The third-order valence-corrected chi connectivity index (χ3v) is 19.2. The topological polar surface area (TPSA) is 80.5 Å². The minimum atomic E-state index is -1.97. The third kappa shape index (κ3) is 6.90. The summed E-state index contributed by atoms with van der Waals surface area (Å²) in [5.41, 5.74) is 1.49. The van der Waals surface area contributed by atoms with Crippen LogP contribution in [-0.2, 0) is 13.6 Å². The summed E-state index contributed by atoms with van der Waals surface area (Å²) >= 11 is 2.27. The Hall–Kier alpha value is -0.606. The number of aromatic nitrogens is 4. The lowest BCUT2D eigenvalue weighted by atomic mass is 10.1. The van der Waals surface area contributed by atoms with Crippen molar-refractivity contribution < 1.29 is 18.3 Å². The highest BCUT2D eigenvalue weighted by Gasteiger charge is 2.46. The number of ether oxygens (including phenoxy) is 2. The minimum Gasteiger partial charge on any atom is -0.473 e. The molecule has 0 radical (unpaired) electrons. The van der Waals surface area contributed by atoms with Gasteiger partial charge in [-0.15, -0.1) is 0 Å². The van der Waals surface area contributed by atoms with Crippen LogP contribution in [0.5, 0.6) is 5.88 Å². The molecule has 1 unspecified atom stereocenters. The predicted molar refractivity (Wildman–Crippen MR) is 169 cm³/mol. The fourth-order valence-corrected chi connectivity index (χ4v) is 8.07. The van der Waals surface area contributed by atoms with Gasteiger partial charge in [-0.25, -0.2) is 9.97 Å². The second-order valence-corrected chi connectivity index (χ2v) is 24.9. The van der Waals surface area contributed by atoms with Crippen molar-refractivity contribution >= 4 is 50.4 Å². The predicted octanol–water partition coefficient (Wildman–Crippen LogP) is 7.70. The molecule has 1 saturated carbocycles. The van der Waals surface area contributed by atoms with Gasteiger partial charge in [0.05, 0.1) is 6.10 Å². The Kier molecular flexibility index (Phi) is 9.30. The molecule has 11 heteroatoms. The van der Waals surface area contributed by atoms with Crippen molar-refractivity contribution in [3.05, 3.63) is 10.2 Å². The quantitative estimate of drug-likeness (QED) is 0.160. The fourth-order valence-electron chi connectivity index (χ4n) is 4.83. The summed E-state index contributed by atoms with van der Waals surface area (Å²) in [6.07, 6.45) is 6.55. The molecule has 2 aromatic rings. The number of fused-ring (bicyclic) bond motifs is 1. The summed E-state index contributed by atoms with van der Waals surface area (Å²) < 4.78 is 29.4. The highest BCUT2D eigenvalue weighted by molar-refractivity contribution is 14.1. The van der Waals surface area contributed by atoms with Gasteiger partial charge in [-0.2, -0.15) is 4.98 Å². The molecule has 1 aliphatic heterocycles. The van der Waals surface area contributed by atoms with Crippen LogP contribution in [0.4, 0.5) is 0 Å². The lowest BCUT2D eigenvalue weighted by Gasteiger charge is -2.41. The van der Waals surface area contributed by atoms with Crippen LogP contribution in [0, 0.1) is 9.75 Å². The van der Waals surface area contributed by atoms with Gasteiger partial charge in [-0.3, -0.25) is 4.57 Å². The number of hydrogen-bond donors (Lipinski definition) is 0. The summed E-state index contributed by atoms with van der Waals surface area (Å²) in [7, 11) is -3.85. The zero-order valence-electron chi connectivity index (χ0n) is 25.6. The van der Waals surface area contributed by atoms with E-state index in [1.54, 1.807) is 6.33 Å². The van der Waals surface area contributed by atoms with E-state index < -0.39 is 16.6 Å². The van der Waals surface area contributed by atoms with Gasteiger partial charge in [0.15, 0.2) is 31.6 Å². The highest BCUT2D eigenvalue weighted by Crippen LogP contribution is 2.43. The second-order valence-electron chi connectivity index (χ2n) is 14.4. The van der Waals surface area contributed by atoms with E-state index in [-0.39, 0.29) is 34.4 Å². The van der Waals surface area contributed by atoms with E-state index >= 15 is 0 Å². The average molecular weight is 689 g/mol. The van der Waals surface area contributed by atoms with Crippen LogP contribution >= 0.6 is 22.6 Å². The normalized spacial score (nSPS) is 25.4. The Balaban J connectivity index is 1.56. The van der Waals surface area contributed by atoms with E-state index in [0.29, 0.717) is 18.0 Å². The molecule has 0 aromatic carbocycles. The number of rotatable bonds is 8. The molecule has 39 heavy (non-hydrogen) atoms. The molecular formula is C28H49IN4O4Si2. The van der Waals surface area contributed by atoms with E-state index in [4.69, 9.17) is 23.3 Å². The van der Waals surface area contributed by atoms with Gasteiger partial charge in [0.25, 0.3) is 0 Å². The number of imidazole rings is 1. The minimum absolute atomic E-state index is 0.0142. The van der Waals surface area contributed by atoms with Crippen molar-refractivity contribution in [1.29, 1.82) is 0 Å². The Morgan fingerprint density at radius 3 is 2.31 bits per heavy atom. The van der Waals surface area contributed by atoms with Gasteiger partial charge in [0.1, 0.15) is 18.7 Å². The Morgan fingerprint density at radius 1 is 1.00 bits per heavy atom. The molecule has 4 rings (SSSR count). The van der Waals surface area contributed by atoms with Crippen LogP contribution in [0.15, 0.2) is 6.33 Å². The molecule has 2 aromatic heterocycles. The van der Waals surface area contributed by atoms with Crippen LogP contribution < -0.4 is 4.74 Å². The monoisotopic (exact) mass is 688 g/mol. The van der Waals surface area contributed by atoms with Crippen molar-refractivity contribution in [2.45, 2.75) is 128 Å². The molecule has 220 valence electrons. The first-order valence-corrected chi connectivity index (χ1v) is 21.4. The first-order chi connectivity index (χ1) is 18.0. The molecule has 0 N–H and O–H groups in total. The molecule has 0 spiro atoms. The number of nitrogens with zero attached hydrogens (tertiary/aromatic N) is 4. The van der Waals surface area contributed by atoms with Gasteiger partial charge >= 0.3 is 0 Å². The maximum atomic E-state index is 7.01. The lowest BCUT2D eigenvalue weighted by Crippen LogP contribution is -2.46. The van der Waals surface area contributed by atoms with E-state index in [1.165, 1.54) is 0 Å². The van der Waals surface area contributed by atoms with Gasteiger partial charge in [0, 0.05) is 48.1 Å². The summed E-state index contributed by atoms with van der Waals surface area (Å²) in [6, 6.07) is 0. The molecule has 1 saturated heterocycles. The summed E-state index contributed by atoms with van der Waals surface area (Å²) in [5, 5.41) is 0.308. The van der Waals surface area contributed by atoms with Gasteiger partial charge in [-0.1, -0.05) is 41.5 Å². The molecule has 3 heterocycles. The number of hydrogen-bond acceptors (Lipinski definition) is 7.